The molecule has 74 valence electrons. The SMILES string of the molecule is O=C(O)C1(C2CCC2)CCCNC1. The van der Waals surface area contributed by atoms with Crippen LogP contribution >= 0.6 is 0 Å². The lowest BCUT2D eigenvalue weighted by atomic mass is 9.62. The quantitative estimate of drug-likeness (QED) is 0.677. The van der Waals surface area contributed by atoms with Crippen LogP contribution in [0.4, 0.5) is 0 Å². The Bertz CT molecular complexity index is 205. The summed E-state index contributed by atoms with van der Waals surface area (Å²) in [7, 11) is 0. The smallest absolute Gasteiger partial charge is 0.311 e. The number of rotatable bonds is 2. The molecule has 2 fully saturated rings. The molecule has 0 aromatic carbocycles. The van der Waals surface area contributed by atoms with Crippen molar-refractivity contribution in [3.05, 3.63) is 0 Å². The molecule has 1 saturated heterocycles. The van der Waals surface area contributed by atoms with Gasteiger partial charge >= 0.3 is 5.97 Å². The highest BCUT2D eigenvalue weighted by Gasteiger charge is 2.48. The van der Waals surface area contributed by atoms with Crippen LogP contribution in [0.2, 0.25) is 0 Å². The molecule has 2 N–H and O–H groups in total. The summed E-state index contributed by atoms with van der Waals surface area (Å²) in [5, 5.41) is 12.5. The fourth-order valence-electron chi connectivity index (χ4n) is 2.60. The van der Waals surface area contributed by atoms with Gasteiger partial charge in [0.1, 0.15) is 0 Å². The minimum atomic E-state index is -0.579. The molecule has 1 atom stereocenters. The maximum absolute atomic E-state index is 11.3. The molecule has 1 heterocycles. The summed E-state index contributed by atoms with van der Waals surface area (Å²) in [4.78, 5) is 11.3. The first-order valence-corrected chi connectivity index (χ1v) is 5.20. The first-order chi connectivity index (χ1) is 6.26. The summed E-state index contributed by atoms with van der Waals surface area (Å²) in [6, 6.07) is 0. The molecular formula is C10H17NO2. The van der Waals surface area contributed by atoms with Gasteiger partial charge < -0.3 is 10.4 Å². The number of carboxylic acids is 1. The van der Waals surface area contributed by atoms with Crippen molar-refractivity contribution in [1.82, 2.24) is 5.32 Å². The van der Waals surface area contributed by atoms with E-state index < -0.39 is 11.4 Å². The third-order valence-corrected chi connectivity index (χ3v) is 3.73. The average molecular weight is 183 g/mol. The van der Waals surface area contributed by atoms with Gasteiger partial charge in [0, 0.05) is 6.54 Å². The van der Waals surface area contributed by atoms with Crippen LogP contribution in [0.3, 0.4) is 0 Å². The van der Waals surface area contributed by atoms with Crippen LogP contribution in [0.15, 0.2) is 0 Å². The number of carboxylic acid groups (broad SMARTS) is 1. The van der Waals surface area contributed by atoms with Gasteiger partial charge in [-0.25, -0.2) is 0 Å². The summed E-state index contributed by atoms with van der Waals surface area (Å²) in [5.41, 5.74) is -0.420. The second-order valence-corrected chi connectivity index (χ2v) is 4.37. The van der Waals surface area contributed by atoms with E-state index >= 15 is 0 Å². The minimum absolute atomic E-state index is 0.420. The maximum Gasteiger partial charge on any atom is 0.311 e. The first-order valence-electron chi connectivity index (χ1n) is 5.20. The van der Waals surface area contributed by atoms with Crippen molar-refractivity contribution in [3.63, 3.8) is 0 Å². The molecule has 3 heteroatoms. The van der Waals surface area contributed by atoms with E-state index in [1.807, 2.05) is 0 Å². The van der Waals surface area contributed by atoms with Gasteiger partial charge in [-0.3, -0.25) is 4.79 Å². The molecular weight excluding hydrogens is 166 g/mol. The molecule has 0 aromatic rings. The highest BCUT2D eigenvalue weighted by molar-refractivity contribution is 5.75. The molecule has 1 aliphatic carbocycles. The van der Waals surface area contributed by atoms with Gasteiger partial charge in [-0.05, 0) is 38.1 Å². The van der Waals surface area contributed by atoms with Gasteiger partial charge in [0.2, 0.25) is 0 Å². The normalized spacial score (nSPS) is 35.4. The van der Waals surface area contributed by atoms with Crippen LogP contribution in [-0.2, 0) is 4.79 Å². The standard InChI is InChI=1S/C10H17NO2/c12-9(13)10(8-3-1-4-8)5-2-6-11-7-10/h8,11H,1-7H2,(H,12,13). The van der Waals surface area contributed by atoms with Gasteiger partial charge in [-0.15, -0.1) is 0 Å². The Balaban J connectivity index is 2.12. The summed E-state index contributed by atoms with van der Waals surface area (Å²) in [6.07, 6.45) is 5.35. The van der Waals surface area contributed by atoms with E-state index in [9.17, 15) is 9.90 Å². The topological polar surface area (TPSA) is 49.3 Å². The molecule has 0 radical (unpaired) electrons. The van der Waals surface area contributed by atoms with Gasteiger partial charge in [-0.2, -0.15) is 0 Å². The third kappa shape index (κ3) is 1.35. The molecule has 0 amide bonds. The Morgan fingerprint density at radius 2 is 2.15 bits per heavy atom. The van der Waals surface area contributed by atoms with E-state index in [4.69, 9.17) is 0 Å². The van der Waals surface area contributed by atoms with E-state index in [0.717, 1.165) is 32.2 Å². The van der Waals surface area contributed by atoms with Crippen LogP contribution in [-0.4, -0.2) is 24.2 Å². The molecule has 1 unspecified atom stereocenters. The molecule has 1 saturated carbocycles. The zero-order valence-corrected chi connectivity index (χ0v) is 7.88. The second-order valence-electron chi connectivity index (χ2n) is 4.37. The van der Waals surface area contributed by atoms with E-state index in [0.29, 0.717) is 12.5 Å². The maximum atomic E-state index is 11.3. The van der Waals surface area contributed by atoms with Crippen molar-refractivity contribution >= 4 is 5.97 Å². The van der Waals surface area contributed by atoms with Crippen LogP contribution in [0.1, 0.15) is 32.1 Å². The third-order valence-electron chi connectivity index (χ3n) is 3.73. The van der Waals surface area contributed by atoms with E-state index in [-0.39, 0.29) is 0 Å². The Labute approximate surface area is 78.5 Å². The molecule has 0 aromatic heterocycles. The second kappa shape index (κ2) is 3.29. The summed E-state index contributed by atoms with van der Waals surface area (Å²) >= 11 is 0. The fraction of sp³-hybridized carbons (Fsp3) is 0.900. The summed E-state index contributed by atoms with van der Waals surface area (Å²) in [5.74, 6) is -0.137. The monoisotopic (exact) mass is 183 g/mol. The zero-order chi connectivity index (χ0) is 9.31. The molecule has 13 heavy (non-hydrogen) atoms. The van der Waals surface area contributed by atoms with Crippen LogP contribution in [0.5, 0.6) is 0 Å². The zero-order valence-electron chi connectivity index (χ0n) is 7.88. The van der Waals surface area contributed by atoms with Crippen molar-refractivity contribution in [2.45, 2.75) is 32.1 Å². The number of nitrogens with one attached hydrogen (secondary N) is 1. The van der Waals surface area contributed by atoms with Crippen molar-refractivity contribution in [2.24, 2.45) is 11.3 Å². The Hall–Kier alpha value is -0.570. The number of hydrogen-bond donors (Lipinski definition) is 2. The Morgan fingerprint density at radius 1 is 1.38 bits per heavy atom. The van der Waals surface area contributed by atoms with Crippen LogP contribution in [0.25, 0.3) is 0 Å². The van der Waals surface area contributed by atoms with Crippen LogP contribution in [0, 0.1) is 11.3 Å². The summed E-state index contributed by atoms with van der Waals surface area (Å²) < 4.78 is 0. The Morgan fingerprint density at radius 3 is 2.54 bits per heavy atom. The summed E-state index contributed by atoms with van der Waals surface area (Å²) in [6.45, 7) is 1.68. The van der Waals surface area contributed by atoms with Gasteiger partial charge in [0.15, 0.2) is 0 Å². The lowest BCUT2D eigenvalue weighted by molar-refractivity contribution is -0.156. The van der Waals surface area contributed by atoms with Crippen molar-refractivity contribution < 1.29 is 9.90 Å². The van der Waals surface area contributed by atoms with Gasteiger partial charge in [0.25, 0.3) is 0 Å². The fourth-order valence-corrected chi connectivity index (χ4v) is 2.60. The largest absolute Gasteiger partial charge is 0.481 e. The van der Waals surface area contributed by atoms with Crippen molar-refractivity contribution in [1.29, 1.82) is 0 Å². The molecule has 2 rings (SSSR count). The molecule has 2 aliphatic rings. The first kappa shape index (κ1) is 9.00. The number of aliphatic carboxylic acids is 1. The molecule has 3 nitrogen and oxygen atoms in total. The van der Waals surface area contributed by atoms with Crippen molar-refractivity contribution in [2.75, 3.05) is 13.1 Å². The molecule has 0 spiro atoms. The lowest BCUT2D eigenvalue weighted by Crippen LogP contribution is -2.52. The number of carbonyl (C=O) groups is 1. The van der Waals surface area contributed by atoms with Gasteiger partial charge in [0.05, 0.1) is 5.41 Å². The highest BCUT2D eigenvalue weighted by atomic mass is 16.4. The van der Waals surface area contributed by atoms with E-state index in [2.05, 4.69) is 5.32 Å². The van der Waals surface area contributed by atoms with Gasteiger partial charge in [-0.1, -0.05) is 6.42 Å². The Kier molecular flexibility index (Phi) is 2.28. The highest BCUT2D eigenvalue weighted by Crippen LogP contribution is 2.45. The molecule has 0 bridgehead atoms. The average Bonchev–Trinajstić information content (AvgIpc) is 2.02. The van der Waals surface area contributed by atoms with Crippen LogP contribution < -0.4 is 5.32 Å². The number of hydrogen-bond acceptors (Lipinski definition) is 2. The predicted octanol–water partition coefficient (Wildman–Crippen LogP) is 1.24. The predicted molar refractivity (Wildman–Crippen MR) is 49.5 cm³/mol. The van der Waals surface area contributed by atoms with E-state index in [1.54, 1.807) is 0 Å². The van der Waals surface area contributed by atoms with Crippen molar-refractivity contribution in [3.8, 4) is 0 Å². The molecule has 1 aliphatic heterocycles. The number of piperidine rings is 1. The van der Waals surface area contributed by atoms with E-state index in [1.165, 1.54) is 6.42 Å². The lowest BCUT2D eigenvalue weighted by Gasteiger charge is -2.44. The minimum Gasteiger partial charge on any atom is -0.481 e.